The van der Waals surface area contributed by atoms with Crippen molar-refractivity contribution in [3.8, 4) is 0 Å². The summed E-state index contributed by atoms with van der Waals surface area (Å²) in [6.07, 6.45) is 7.17. The maximum Gasteiger partial charge on any atom is 0.224 e. The SMILES string of the molecule is O=C(CC1CCCNC1)Nc1ccc(N2CCCC2)nc1. The summed E-state index contributed by atoms with van der Waals surface area (Å²) in [5, 5.41) is 6.30. The van der Waals surface area contributed by atoms with E-state index in [0.29, 0.717) is 12.3 Å². The Bertz CT molecular complexity index is 462. The van der Waals surface area contributed by atoms with Crippen LogP contribution in [0.5, 0.6) is 0 Å². The minimum absolute atomic E-state index is 0.0967. The average Bonchev–Trinajstić information content (AvgIpc) is 3.03. The molecule has 1 amide bonds. The van der Waals surface area contributed by atoms with Gasteiger partial charge in [0.1, 0.15) is 5.82 Å². The summed E-state index contributed by atoms with van der Waals surface area (Å²) in [6.45, 7) is 4.22. The summed E-state index contributed by atoms with van der Waals surface area (Å²) in [7, 11) is 0. The van der Waals surface area contributed by atoms with Crippen molar-refractivity contribution < 1.29 is 4.79 Å². The predicted octanol–water partition coefficient (Wildman–Crippen LogP) is 2.01. The first kappa shape index (κ1) is 14.3. The Morgan fingerprint density at radius 3 is 2.86 bits per heavy atom. The highest BCUT2D eigenvalue weighted by Gasteiger charge is 2.17. The van der Waals surface area contributed by atoms with Crippen molar-refractivity contribution in [1.82, 2.24) is 10.3 Å². The van der Waals surface area contributed by atoms with E-state index in [9.17, 15) is 4.79 Å². The van der Waals surface area contributed by atoms with E-state index < -0.39 is 0 Å². The number of hydrogen-bond acceptors (Lipinski definition) is 4. The summed E-state index contributed by atoms with van der Waals surface area (Å²) in [6, 6.07) is 3.96. The number of rotatable bonds is 4. The molecule has 0 spiro atoms. The number of nitrogens with zero attached hydrogens (tertiary/aromatic N) is 2. The standard InChI is InChI=1S/C16H24N4O/c21-16(10-13-4-3-7-17-11-13)19-14-5-6-15(18-12-14)20-8-1-2-9-20/h5-6,12-13,17H,1-4,7-11H2,(H,19,21). The van der Waals surface area contributed by atoms with Crippen molar-refractivity contribution in [3.63, 3.8) is 0 Å². The lowest BCUT2D eigenvalue weighted by Crippen LogP contribution is -2.32. The van der Waals surface area contributed by atoms with Gasteiger partial charge in [-0.25, -0.2) is 4.98 Å². The number of aromatic nitrogens is 1. The molecule has 5 nitrogen and oxygen atoms in total. The van der Waals surface area contributed by atoms with Gasteiger partial charge in [-0.05, 0) is 56.8 Å². The topological polar surface area (TPSA) is 57.3 Å². The van der Waals surface area contributed by atoms with Gasteiger partial charge < -0.3 is 15.5 Å². The quantitative estimate of drug-likeness (QED) is 0.890. The molecule has 3 rings (SSSR count). The van der Waals surface area contributed by atoms with E-state index in [2.05, 4.69) is 20.5 Å². The molecule has 1 unspecified atom stereocenters. The third-order valence-corrected chi connectivity index (χ3v) is 4.33. The molecule has 0 saturated carbocycles. The van der Waals surface area contributed by atoms with Crippen LogP contribution in [-0.4, -0.2) is 37.1 Å². The Hall–Kier alpha value is -1.62. The zero-order valence-electron chi connectivity index (χ0n) is 12.5. The lowest BCUT2D eigenvalue weighted by Gasteiger charge is -2.22. The summed E-state index contributed by atoms with van der Waals surface area (Å²) in [5.74, 6) is 1.58. The first-order valence-corrected chi connectivity index (χ1v) is 8.03. The molecule has 2 aliphatic heterocycles. The Labute approximate surface area is 126 Å². The zero-order valence-corrected chi connectivity index (χ0v) is 12.5. The lowest BCUT2D eigenvalue weighted by molar-refractivity contribution is -0.117. The van der Waals surface area contributed by atoms with E-state index in [0.717, 1.165) is 44.1 Å². The maximum atomic E-state index is 12.0. The normalized spacial score (nSPS) is 22.3. The Balaban J connectivity index is 1.50. The van der Waals surface area contributed by atoms with Crippen molar-refractivity contribution >= 4 is 17.4 Å². The summed E-state index contributed by atoms with van der Waals surface area (Å²) < 4.78 is 0. The number of pyridine rings is 1. The van der Waals surface area contributed by atoms with Crippen molar-refractivity contribution in [2.45, 2.75) is 32.1 Å². The highest BCUT2D eigenvalue weighted by atomic mass is 16.1. The van der Waals surface area contributed by atoms with Crippen molar-refractivity contribution in [2.24, 2.45) is 5.92 Å². The first-order valence-electron chi connectivity index (χ1n) is 8.03. The minimum Gasteiger partial charge on any atom is -0.357 e. The number of amides is 1. The number of hydrogen-bond donors (Lipinski definition) is 2. The fourth-order valence-corrected chi connectivity index (χ4v) is 3.17. The van der Waals surface area contributed by atoms with Gasteiger partial charge in [0.2, 0.25) is 5.91 Å². The first-order chi connectivity index (χ1) is 10.3. The number of piperidine rings is 1. The molecular formula is C16H24N4O. The average molecular weight is 288 g/mol. The van der Waals surface area contributed by atoms with Gasteiger partial charge in [-0.2, -0.15) is 0 Å². The van der Waals surface area contributed by atoms with Crippen molar-refractivity contribution in [3.05, 3.63) is 18.3 Å². The van der Waals surface area contributed by atoms with Gasteiger partial charge in [0.15, 0.2) is 0 Å². The number of carbonyl (C=O) groups is 1. The lowest BCUT2D eigenvalue weighted by atomic mass is 9.96. The van der Waals surface area contributed by atoms with Crippen LogP contribution >= 0.6 is 0 Å². The molecule has 0 bridgehead atoms. The van der Waals surface area contributed by atoms with Gasteiger partial charge in [-0.15, -0.1) is 0 Å². The minimum atomic E-state index is 0.0967. The molecule has 21 heavy (non-hydrogen) atoms. The third kappa shape index (κ3) is 3.94. The van der Waals surface area contributed by atoms with Crippen LogP contribution in [0.3, 0.4) is 0 Å². The van der Waals surface area contributed by atoms with E-state index in [1.165, 1.54) is 19.3 Å². The second kappa shape index (κ2) is 6.89. The molecule has 2 fully saturated rings. The van der Waals surface area contributed by atoms with E-state index in [-0.39, 0.29) is 5.91 Å². The molecule has 3 heterocycles. The predicted molar refractivity (Wildman–Crippen MR) is 84.5 cm³/mol. The van der Waals surface area contributed by atoms with Crippen LogP contribution in [0.1, 0.15) is 32.1 Å². The molecular weight excluding hydrogens is 264 g/mol. The molecule has 0 radical (unpaired) electrons. The molecule has 5 heteroatoms. The highest BCUT2D eigenvalue weighted by molar-refractivity contribution is 5.90. The number of carbonyl (C=O) groups excluding carboxylic acids is 1. The number of anilines is 2. The van der Waals surface area contributed by atoms with Gasteiger partial charge in [-0.3, -0.25) is 4.79 Å². The molecule has 1 atom stereocenters. The van der Waals surface area contributed by atoms with Gasteiger partial charge in [0.05, 0.1) is 11.9 Å². The van der Waals surface area contributed by atoms with E-state index in [1.807, 2.05) is 12.1 Å². The molecule has 1 aromatic rings. The van der Waals surface area contributed by atoms with Crippen LogP contribution in [0.4, 0.5) is 11.5 Å². The van der Waals surface area contributed by atoms with Crippen LogP contribution in [0, 0.1) is 5.92 Å². The molecule has 1 aromatic heterocycles. The fraction of sp³-hybridized carbons (Fsp3) is 0.625. The van der Waals surface area contributed by atoms with Gasteiger partial charge in [0, 0.05) is 19.5 Å². The van der Waals surface area contributed by atoms with Gasteiger partial charge >= 0.3 is 0 Å². The van der Waals surface area contributed by atoms with Crippen LogP contribution in [-0.2, 0) is 4.79 Å². The van der Waals surface area contributed by atoms with Crippen LogP contribution < -0.4 is 15.5 Å². The second-order valence-electron chi connectivity index (χ2n) is 6.06. The monoisotopic (exact) mass is 288 g/mol. The second-order valence-corrected chi connectivity index (χ2v) is 6.06. The van der Waals surface area contributed by atoms with E-state index in [4.69, 9.17) is 0 Å². The summed E-state index contributed by atoms with van der Waals surface area (Å²) in [4.78, 5) is 18.8. The largest absolute Gasteiger partial charge is 0.357 e. The van der Waals surface area contributed by atoms with E-state index >= 15 is 0 Å². The molecule has 0 aliphatic carbocycles. The fourth-order valence-electron chi connectivity index (χ4n) is 3.17. The molecule has 2 saturated heterocycles. The van der Waals surface area contributed by atoms with Crippen molar-refractivity contribution in [2.75, 3.05) is 36.4 Å². The van der Waals surface area contributed by atoms with Gasteiger partial charge in [0.25, 0.3) is 0 Å². The van der Waals surface area contributed by atoms with Gasteiger partial charge in [-0.1, -0.05) is 0 Å². The number of nitrogens with one attached hydrogen (secondary N) is 2. The highest BCUT2D eigenvalue weighted by Crippen LogP contribution is 2.20. The van der Waals surface area contributed by atoms with Crippen molar-refractivity contribution in [1.29, 1.82) is 0 Å². The molecule has 2 N–H and O–H groups in total. The Morgan fingerprint density at radius 2 is 2.19 bits per heavy atom. The van der Waals surface area contributed by atoms with E-state index in [1.54, 1.807) is 6.20 Å². The Morgan fingerprint density at radius 1 is 1.33 bits per heavy atom. The summed E-state index contributed by atoms with van der Waals surface area (Å²) in [5.41, 5.74) is 0.798. The smallest absolute Gasteiger partial charge is 0.224 e. The van der Waals surface area contributed by atoms with Crippen LogP contribution in [0.2, 0.25) is 0 Å². The third-order valence-electron chi connectivity index (χ3n) is 4.33. The molecule has 114 valence electrons. The van der Waals surface area contributed by atoms with Crippen LogP contribution in [0.25, 0.3) is 0 Å². The molecule has 0 aromatic carbocycles. The zero-order chi connectivity index (χ0) is 14.5. The maximum absolute atomic E-state index is 12.0. The summed E-state index contributed by atoms with van der Waals surface area (Å²) >= 11 is 0. The van der Waals surface area contributed by atoms with Crippen LogP contribution in [0.15, 0.2) is 18.3 Å². The molecule has 2 aliphatic rings. The Kier molecular flexibility index (Phi) is 4.70.